The lowest BCUT2D eigenvalue weighted by molar-refractivity contribution is -0.118. The molecule has 2 amide bonds. The van der Waals surface area contributed by atoms with Crippen molar-refractivity contribution < 1.29 is 14.3 Å². The summed E-state index contributed by atoms with van der Waals surface area (Å²) in [6, 6.07) is 22.8. The number of rotatable bonds is 10. The number of carbonyl (C=O) groups excluding carboxylic acids is 2. The summed E-state index contributed by atoms with van der Waals surface area (Å²) in [6.45, 7) is 5.49. The maximum atomic E-state index is 12.7. The predicted octanol–water partition coefficient (Wildman–Crippen LogP) is 6.40. The molecule has 3 rings (SSSR count). The lowest BCUT2D eigenvalue weighted by Crippen LogP contribution is -2.32. The number of amides is 2. The summed E-state index contributed by atoms with van der Waals surface area (Å²) in [6.07, 6.45) is 1.84. The number of nitrogens with zero attached hydrogens (tertiary/aromatic N) is 1. The highest BCUT2D eigenvalue weighted by Crippen LogP contribution is 2.30. The van der Waals surface area contributed by atoms with Crippen LogP contribution in [0.2, 0.25) is 0 Å². The van der Waals surface area contributed by atoms with Crippen LogP contribution >= 0.6 is 15.9 Å². The summed E-state index contributed by atoms with van der Waals surface area (Å²) in [4.78, 5) is 26.9. The molecule has 0 aliphatic rings. The van der Waals surface area contributed by atoms with E-state index >= 15 is 0 Å². The van der Waals surface area contributed by atoms with Crippen LogP contribution in [0.5, 0.6) is 5.75 Å². The second-order valence-electron chi connectivity index (χ2n) is 7.72. The molecule has 1 N–H and O–H groups in total. The summed E-state index contributed by atoms with van der Waals surface area (Å²) in [5.74, 6) is 0.341. The summed E-state index contributed by atoms with van der Waals surface area (Å²) in [5.41, 5.74) is 3.41. The number of halogens is 1. The minimum Gasteiger partial charge on any atom is -0.483 e. The van der Waals surface area contributed by atoms with Crippen molar-refractivity contribution in [2.75, 3.05) is 25.0 Å². The minimum atomic E-state index is -0.272. The van der Waals surface area contributed by atoms with Gasteiger partial charge in [-0.3, -0.25) is 9.59 Å². The van der Waals surface area contributed by atoms with Crippen molar-refractivity contribution in [1.82, 2.24) is 4.90 Å². The lowest BCUT2D eigenvalue weighted by Gasteiger charge is -2.21. The second kappa shape index (κ2) is 12.2. The van der Waals surface area contributed by atoms with Crippen LogP contribution in [-0.2, 0) is 4.79 Å². The van der Waals surface area contributed by atoms with Crippen molar-refractivity contribution >= 4 is 33.4 Å². The average molecular weight is 509 g/mol. The van der Waals surface area contributed by atoms with Gasteiger partial charge in [0.05, 0.1) is 4.47 Å². The molecule has 0 saturated carbocycles. The summed E-state index contributed by atoms with van der Waals surface area (Å²) in [5, 5.41) is 2.81. The molecular formula is C27H29BrN2O3. The maximum absolute atomic E-state index is 12.7. The Balaban J connectivity index is 1.55. The maximum Gasteiger partial charge on any atom is 0.262 e. The zero-order valence-electron chi connectivity index (χ0n) is 19.0. The Morgan fingerprint density at radius 1 is 0.879 bits per heavy atom. The van der Waals surface area contributed by atoms with Crippen molar-refractivity contribution in [3.8, 4) is 16.9 Å². The molecule has 0 saturated heterocycles. The molecule has 0 spiro atoms. The van der Waals surface area contributed by atoms with E-state index in [4.69, 9.17) is 4.74 Å². The topological polar surface area (TPSA) is 58.6 Å². The third kappa shape index (κ3) is 6.93. The SMILES string of the molecule is CCCN(CCC)C(=O)c1ccc(NC(=O)COc2ccc(-c3ccccc3)cc2Br)cc1. The number of nitrogens with one attached hydrogen (secondary N) is 1. The zero-order chi connectivity index (χ0) is 23.6. The number of benzene rings is 3. The zero-order valence-corrected chi connectivity index (χ0v) is 20.6. The first-order valence-electron chi connectivity index (χ1n) is 11.2. The molecule has 0 aliphatic heterocycles. The van der Waals surface area contributed by atoms with Crippen LogP contribution < -0.4 is 10.1 Å². The van der Waals surface area contributed by atoms with Crippen molar-refractivity contribution in [3.63, 3.8) is 0 Å². The lowest BCUT2D eigenvalue weighted by atomic mass is 10.1. The molecule has 3 aromatic rings. The van der Waals surface area contributed by atoms with Gasteiger partial charge in [-0.05, 0) is 76.3 Å². The van der Waals surface area contributed by atoms with E-state index in [1.165, 1.54) is 0 Å². The van der Waals surface area contributed by atoms with E-state index in [1.54, 1.807) is 24.3 Å². The molecule has 0 bridgehead atoms. The third-order valence-corrected chi connectivity index (χ3v) is 5.71. The van der Waals surface area contributed by atoms with Crippen LogP contribution in [0.3, 0.4) is 0 Å². The van der Waals surface area contributed by atoms with Gasteiger partial charge in [0.15, 0.2) is 6.61 Å². The van der Waals surface area contributed by atoms with Gasteiger partial charge in [0, 0.05) is 24.3 Å². The van der Waals surface area contributed by atoms with E-state index < -0.39 is 0 Å². The van der Waals surface area contributed by atoms with Crippen LogP contribution in [-0.4, -0.2) is 36.4 Å². The fraction of sp³-hybridized carbons (Fsp3) is 0.259. The standard InChI is InChI=1S/C27H29BrN2O3/c1-3-16-30(17-4-2)27(32)21-10-13-23(14-11-21)29-26(31)19-33-25-15-12-22(18-24(25)28)20-8-6-5-7-9-20/h5-15,18H,3-4,16-17,19H2,1-2H3,(H,29,31). The molecule has 172 valence electrons. The molecule has 3 aromatic carbocycles. The number of carbonyl (C=O) groups is 2. The van der Waals surface area contributed by atoms with E-state index in [-0.39, 0.29) is 18.4 Å². The van der Waals surface area contributed by atoms with Gasteiger partial charge in [-0.1, -0.05) is 50.2 Å². The number of anilines is 1. The van der Waals surface area contributed by atoms with E-state index in [9.17, 15) is 9.59 Å². The molecule has 0 aliphatic carbocycles. The summed E-state index contributed by atoms with van der Waals surface area (Å²) in [7, 11) is 0. The first-order valence-corrected chi connectivity index (χ1v) is 12.0. The number of ether oxygens (including phenoxy) is 1. The van der Waals surface area contributed by atoms with Gasteiger partial charge in [0.1, 0.15) is 5.75 Å². The van der Waals surface area contributed by atoms with Crippen molar-refractivity contribution in [1.29, 1.82) is 0 Å². The minimum absolute atomic E-state index is 0.0173. The van der Waals surface area contributed by atoms with Crippen LogP contribution in [0.4, 0.5) is 5.69 Å². The van der Waals surface area contributed by atoms with Gasteiger partial charge < -0.3 is 15.0 Å². The Morgan fingerprint density at radius 3 is 2.15 bits per heavy atom. The molecule has 0 fully saturated rings. The Labute approximate surface area is 203 Å². The Hall–Kier alpha value is -3.12. The van der Waals surface area contributed by atoms with Crippen LogP contribution in [0.1, 0.15) is 37.0 Å². The summed E-state index contributed by atoms with van der Waals surface area (Å²) < 4.78 is 6.47. The molecule has 5 nitrogen and oxygen atoms in total. The first kappa shape index (κ1) is 24.5. The molecule has 0 heterocycles. The van der Waals surface area contributed by atoms with Gasteiger partial charge in [-0.2, -0.15) is 0 Å². The molecule has 0 aromatic heterocycles. The highest BCUT2D eigenvalue weighted by atomic mass is 79.9. The van der Waals surface area contributed by atoms with Gasteiger partial charge in [-0.25, -0.2) is 0 Å². The molecule has 6 heteroatoms. The van der Waals surface area contributed by atoms with E-state index in [0.29, 0.717) is 17.0 Å². The van der Waals surface area contributed by atoms with Gasteiger partial charge in [0.2, 0.25) is 0 Å². The number of hydrogen-bond donors (Lipinski definition) is 1. The monoisotopic (exact) mass is 508 g/mol. The fourth-order valence-electron chi connectivity index (χ4n) is 3.50. The largest absolute Gasteiger partial charge is 0.483 e. The highest BCUT2D eigenvalue weighted by Gasteiger charge is 2.14. The highest BCUT2D eigenvalue weighted by molar-refractivity contribution is 9.10. The second-order valence-corrected chi connectivity index (χ2v) is 8.57. The van der Waals surface area contributed by atoms with Gasteiger partial charge in [0.25, 0.3) is 11.8 Å². The summed E-state index contributed by atoms with van der Waals surface area (Å²) >= 11 is 3.52. The van der Waals surface area contributed by atoms with Crippen molar-refractivity contribution in [2.24, 2.45) is 0 Å². The van der Waals surface area contributed by atoms with Gasteiger partial charge in [-0.15, -0.1) is 0 Å². The Kier molecular flexibility index (Phi) is 9.07. The van der Waals surface area contributed by atoms with Crippen LogP contribution in [0, 0.1) is 0 Å². The van der Waals surface area contributed by atoms with Gasteiger partial charge >= 0.3 is 0 Å². The van der Waals surface area contributed by atoms with E-state index in [0.717, 1.165) is 41.5 Å². The predicted molar refractivity (Wildman–Crippen MR) is 137 cm³/mol. The Morgan fingerprint density at radius 2 is 1.55 bits per heavy atom. The first-order chi connectivity index (χ1) is 16.0. The fourth-order valence-corrected chi connectivity index (χ4v) is 4.00. The quantitative estimate of drug-likeness (QED) is 0.344. The smallest absolute Gasteiger partial charge is 0.262 e. The average Bonchev–Trinajstić information content (AvgIpc) is 2.83. The van der Waals surface area contributed by atoms with E-state index in [1.807, 2.05) is 53.4 Å². The van der Waals surface area contributed by atoms with E-state index in [2.05, 4.69) is 35.1 Å². The number of hydrogen-bond acceptors (Lipinski definition) is 3. The molecule has 0 atom stereocenters. The van der Waals surface area contributed by atoms with Crippen molar-refractivity contribution in [2.45, 2.75) is 26.7 Å². The van der Waals surface area contributed by atoms with Crippen LogP contribution in [0.25, 0.3) is 11.1 Å². The molecule has 33 heavy (non-hydrogen) atoms. The normalized spacial score (nSPS) is 10.5. The molecule has 0 unspecified atom stereocenters. The molecule has 0 radical (unpaired) electrons. The Bertz CT molecular complexity index is 1060. The molecular weight excluding hydrogens is 480 g/mol. The third-order valence-electron chi connectivity index (χ3n) is 5.09. The van der Waals surface area contributed by atoms with Crippen molar-refractivity contribution in [3.05, 3.63) is 82.8 Å². The van der Waals surface area contributed by atoms with Crippen LogP contribution in [0.15, 0.2) is 77.3 Å².